The lowest BCUT2D eigenvalue weighted by molar-refractivity contribution is -0.139. The number of aliphatic carboxylic acids is 1. The van der Waals surface area contributed by atoms with Gasteiger partial charge in [0.25, 0.3) is 0 Å². The van der Waals surface area contributed by atoms with Crippen molar-refractivity contribution in [1.29, 1.82) is 0 Å². The maximum atomic E-state index is 13.5. The van der Waals surface area contributed by atoms with Crippen LogP contribution in [0.15, 0.2) is 78.9 Å². The maximum Gasteiger partial charge on any atom is 0.407 e. The van der Waals surface area contributed by atoms with Crippen molar-refractivity contribution in [3.63, 3.8) is 0 Å². The quantitative estimate of drug-likeness (QED) is 0.418. The number of fused-ring (bicyclic) bond motifs is 3. The van der Waals surface area contributed by atoms with E-state index in [-0.39, 0.29) is 43.9 Å². The van der Waals surface area contributed by atoms with Gasteiger partial charge in [-0.25, -0.2) is 4.79 Å². The molecule has 0 heterocycles. The van der Waals surface area contributed by atoms with Crippen molar-refractivity contribution in [2.24, 2.45) is 5.92 Å². The molecule has 2 amide bonds. The van der Waals surface area contributed by atoms with Gasteiger partial charge in [-0.05, 0) is 46.6 Å². The molecule has 1 fully saturated rings. The third kappa shape index (κ3) is 5.66. The second-order valence-electron chi connectivity index (χ2n) is 9.67. The van der Waals surface area contributed by atoms with E-state index in [1.807, 2.05) is 54.6 Å². The van der Waals surface area contributed by atoms with E-state index in [2.05, 4.69) is 29.6 Å². The molecule has 5 rings (SSSR count). The van der Waals surface area contributed by atoms with E-state index in [1.54, 1.807) is 0 Å². The van der Waals surface area contributed by atoms with Crippen molar-refractivity contribution in [1.82, 2.24) is 10.2 Å². The zero-order chi connectivity index (χ0) is 25.8. The highest BCUT2D eigenvalue weighted by atomic mass is 16.5. The summed E-state index contributed by atoms with van der Waals surface area (Å²) in [5.41, 5.74) is 5.43. The minimum Gasteiger partial charge on any atom is -0.481 e. The zero-order valence-corrected chi connectivity index (χ0v) is 20.5. The van der Waals surface area contributed by atoms with Crippen LogP contribution in [0.1, 0.15) is 41.9 Å². The van der Waals surface area contributed by atoms with Gasteiger partial charge in [0.2, 0.25) is 5.91 Å². The van der Waals surface area contributed by atoms with Crippen LogP contribution < -0.4 is 5.32 Å². The summed E-state index contributed by atoms with van der Waals surface area (Å²) >= 11 is 0. The molecule has 0 aromatic heterocycles. The Morgan fingerprint density at radius 1 is 0.892 bits per heavy atom. The van der Waals surface area contributed by atoms with Gasteiger partial charge in [-0.1, -0.05) is 78.9 Å². The molecule has 0 radical (unpaired) electrons. The highest BCUT2D eigenvalue weighted by Crippen LogP contribution is 2.44. The zero-order valence-electron chi connectivity index (χ0n) is 20.5. The first-order chi connectivity index (χ1) is 18.0. The molecule has 3 aromatic rings. The topological polar surface area (TPSA) is 95.9 Å². The molecule has 2 aliphatic carbocycles. The van der Waals surface area contributed by atoms with Crippen molar-refractivity contribution in [2.45, 2.75) is 37.8 Å². The average Bonchev–Trinajstić information content (AvgIpc) is 3.71. The molecule has 1 unspecified atom stereocenters. The van der Waals surface area contributed by atoms with Crippen molar-refractivity contribution in [3.05, 3.63) is 95.6 Å². The first kappa shape index (κ1) is 24.6. The number of rotatable bonds is 10. The van der Waals surface area contributed by atoms with Crippen LogP contribution in [-0.2, 0) is 20.9 Å². The van der Waals surface area contributed by atoms with E-state index in [4.69, 9.17) is 4.74 Å². The van der Waals surface area contributed by atoms with Crippen LogP contribution >= 0.6 is 0 Å². The molecule has 1 saturated carbocycles. The number of carboxylic acids is 1. The van der Waals surface area contributed by atoms with Crippen LogP contribution in [0.5, 0.6) is 0 Å². The molecule has 190 valence electrons. The fourth-order valence-corrected chi connectivity index (χ4v) is 5.08. The van der Waals surface area contributed by atoms with Gasteiger partial charge >= 0.3 is 12.1 Å². The predicted octanol–water partition coefficient (Wildman–Crippen LogP) is 4.81. The molecule has 37 heavy (non-hydrogen) atoms. The van der Waals surface area contributed by atoms with E-state index in [0.717, 1.165) is 40.7 Å². The summed E-state index contributed by atoms with van der Waals surface area (Å²) in [5.74, 6) is -1.30. The summed E-state index contributed by atoms with van der Waals surface area (Å²) in [6.45, 7) is 0.513. The van der Waals surface area contributed by atoms with E-state index >= 15 is 0 Å². The van der Waals surface area contributed by atoms with E-state index in [1.165, 1.54) is 4.90 Å². The number of hydrogen-bond donors (Lipinski definition) is 2. The lowest BCUT2D eigenvalue weighted by Gasteiger charge is -2.28. The minimum absolute atomic E-state index is 0.0242. The minimum atomic E-state index is -0.974. The molecule has 0 bridgehead atoms. The van der Waals surface area contributed by atoms with Crippen LogP contribution in [0.3, 0.4) is 0 Å². The summed E-state index contributed by atoms with van der Waals surface area (Å²) in [6, 6.07) is 24.9. The lowest BCUT2D eigenvalue weighted by Crippen LogP contribution is -2.50. The standard InChI is InChI=1S/C30H30N2O5/c33-27(34)16-17-32(18-20-8-2-1-3-9-20)29(35)28(21-14-15-21)31-30(36)37-19-26-24-12-6-4-10-22(24)23-11-5-7-13-25(23)26/h1-13,21,26,28H,14-19H2,(H,31,36)(H,33,34). The summed E-state index contributed by atoms with van der Waals surface area (Å²) in [4.78, 5) is 39.2. The molecular formula is C30H30N2O5. The highest BCUT2D eigenvalue weighted by Gasteiger charge is 2.40. The van der Waals surface area contributed by atoms with Gasteiger partial charge in [0.05, 0.1) is 6.42 Å². The maximum absolute atomic E-state index is 13.5. The van der Waals surface area contributed by atoms with Gasteiger partial charge < -0.3 is 20.1 Å². The molecule has 1 atom stereocenters. The number of alkyl carbamates (subject to hydrolysis) is 1. The number of benzene rings is 3. The van der Waals surface area contributed by atoms with Gasteiger partial charge in [0, 0.05) is 19.0 Å². The molecule has 7 heteroatoms. The number of carbonyl (C=O) groups is 3. The predicted molar refractivity (Wildman–Crippen MR) is 139 cm³/mol. The van der Waals surface area contributed by atoms with Gasteiger partial charge in [-0.3, -0.25) is 9.59 Å². The number of nitrogens with zero attached hydrogens (tertiary/aromatic N) is 1. The fourth-order valence-electron chi connectivity index (χ4n) is 5.08. The van der Waals surface area contributed by atoms with Crippen molar-refractivity contribution in [3.8, 4) is 11.1 Å². The Morgan fingerprint density at radius 2 is 1.49 bits per heavy atom. The third-order valence-corrected chi connectivity index (χ3v) is 7.10. The Balaban J connectivity index is 1.26. The molecule has 2 N–H and O–H groups in total. The third-order valence-electron chi connectivity index (χ3n) is 7.10. The highest BCUT2D eigenvalue weighted by molar-refractivity contribution is 5.87. The Bertz CT molecular complexity index is 1240. The lowest BCUT2D eigenvalue weighted by atomic mass is 9.98. The second kappa shape index (κ2) is 10.9. The summed E-state index contributed by atoms with van der Waals surface area (Å²) < 4.78 is 5.68. The number of carboxylic acid groups (broad SMARTS) is 1. The molecular weight excluding hydrogens is 468 g/mol. The summed E-state index contributed by atoms with van der Waals surface area (Å²) in [5, 5.41) is 12.0. The number of nitrogens with one attached hydrogen (secondary N) is 1. The van der Waals surface area contributed by atoms with Crippen molar-refractivity contribution in [2.75, 3.05) is 13.2 Å². The monoisotopic (exact) mass is 498 g/mol. The van der Waals surface area contributed by atoms with Crippen molar-refractivity contribution < 1.29 is 24.2 Å². The van der Waals surface area contributed by atoms with Gasteiger partial charge in [-0.2, -0.15) is 0 Å². The molecule has 2 aliphatic rings. The number of ether oxygens (including phenoxy) is 1. The summed E-state index contributed by atoms with van der Waals surface area (Å²) in [6.07, 6.45) is 0.863. The fraction of sp³-hybridized carbons (Fsp3) is 0.300. The molecule has 0 aliphatic heterocycles. The van der Waals surface area contributed by atoms with Crippen molar-refractivity contribution >= 4 is 18.0 Å². The van der Waals surface area contributed by atoms with E-state index in [0.29, 0.717) is 0 Å². The van der Waals surface area contributed by atoms with Crippen LogP contribution in [-0.4, -0.2) is 47.2 Å². The van der Waals surface area contributed by atoms with Crippen LogP contribution in [0.4, 0.5) is 4.79 Å². The summed E-state index contributed by atoms with van der Waals surface area (Å²) in [7, 11) is 0. The number of carbonyl (C=O) groups excluding carboxylic acids is 2. The first-order valence-electron chi connectivity index (χ1n) is 12.7. The van der Waals surface area contributed by atoms with Gasteiger partial charge in [0.1, 0.15) is 12.6 Å². The van der Waals surface area contributed by atoms with Gasteiger partial charge in [0.15, 0.2) is 0 Å². The van der Waals surface area contributed by atoms with E-state index < -0.39 is 18.1 Å². The van der Waals surface area contributed by atoms with E-state index in [9.17, 15) is 19.5 Å². The molecule has 0 spiro atoms. The first-order valence-corrected chi connectivity index (χ1v) is 12.7. The van der Waals surface area contributed by atoms with Crippen LogP contribution in [0, 0.1) is 5.92 Å². The molecule has 0 saturated heterocycles. The molecule has 7 nitrogen and oxygen atoms in total. The number of hydrogen-bond acceptors (Lipinski definition) is 4. The smallest absolute Gasteiger partial charge is 0.407 e. The van der Waals surface area contributed by atoms with Crippen LogP contribution in [0.2, 0.25) is 0 Å². The molecule has 3 aromatic carbocycles. The second-order valence-corrected chi connectivity index (χ2v) is 9.67. The Kier molecular flexibility index (Phi) is 7.21. The number of amides is 2. The van der Waals surface area contributed by atoms with Gasteiger partial charge in [-0.15, -0.1) is 0 Å². The Labute approximate surface area is 216 Å². The van der Waals surface area contributed by atoms with Crippen LogP contribution in [0.25, 0.3) is 11.1 Å². The Hall–Kier alpha value is -4.13. The Morgan fingerprint density at radius 3 is 2.08 bits per heavy atom. The average molecular weight is 499 g/mol. The SMILES string of the molecule is O=C(O)CCN(Cc1ccccc1)C(=O)C(NC(=O)OCC1c2ccccc2-c2ccccc21)C1CC1. The normalized spacial score (nSPS) is 14.8. The largest absolute Gasteiger partial charge is 0.481 e.